The van der Waals surface area contributed by atoms with Crippen molar-refractivity contribution in [3.8, 4) is 12.1 Å². The number of nitriles is 2. The van der Waals surface area contributed by atoms with Crippen LogP contribution in [0.5, 0.6) is 0 Å². The Morgan fingerprint density at radius 2 is 1.09 bits per heavy atom. The first-order chi connectivity index (χ1) is 30.8. The number of hydrogen-bond acceptors (Lipinski definition) is 8. The fourth-order valence-corrected chi connectivity index (χ4v) is 9.10. The number of ether oxygens (including phenoxy) is 2. The standard InChI is InChI=1S/2C26H26N4O2/c2*1-26(2)9-7-16(8-10-26)22-13-17(18-11-20-4-5-21(12-18)32-20)3-6-23(22)30-25(31)24-28-15-19(14-27)29-24/h2*3-7,11,13,15,20-21H,8-10,12H2,1-2H3,(H,28,29)(H,30,31)/t2*20-,21+/m00/s1. The minimum atomic E-state index is -0.357. The normalized spacial score (nSPS) is 23.3. The Kier molecular flexibility index (Phi) is 11.5. The molecule has 2 aromatic carbocycles. The molecule has 10 rings (SSSR count). The molecule has 0 fully saturated rings. The van der Waals surface area contributed by atoms with Crippen molar-refractivity contribution in [2.24, 2.45) is 10.8 Å². The number of aromatic amines is 2. The molecule has 6 heterocycles. The molecule has 6 aliphatic rings. The van der Waals surface area contributed by atoms with Gasteiger partial charge in [-0.2, -0.15) is 10.5 Å². The molecule has 12 heteroatoms. The van der Waals surface area contributed by atoms with E-state index in [2.05, 4.69) is 131 Å². The monoisotopic (exact) mass is 852 g/mol. The number of allylic oxidation sites excluding steroid dienone is 4. The maximum atomic E-state index is 12.8. The zero-order valence-electron chi connectivity index (χ0n) is 36.6. The number of hydrogen-bond donors (Lipinski definition) is 4. The van der Waals surface area contributed by atoms with Crippen molar-refractivity contribution in [1.29, 1.82) is 10.5 Å². The van der Waals surface area contributed by atoms with E-state index >= 15 is 0 Å². The summed E-state index contributed by atoms with van der Waals surface area (Å²) in [5, 5.41) is 24.0. The molecule has 0 saturated carbocycles. The molecule has 0 unspecified atom stereocenters. The largest absolute Gasteiger partial charge is 0.362 e. The van der Waals surface area contributed by atoms with E-state index in [0.29, 0.717) is 10.8 Å². The second-order valence-electron chi connectivity index (χ2n) is 19.0. The number of nitrogens with one attached hydrogen (secondary N) is 4. The van der Waals surface area contributed by atoms with Gasteiger partial charge in [-0.1, -0.05) is 76.3 Å². The highest BCUT2D eigenvalue weighted by Crippen LogP contribution is 2.43. The molecule has 4 atom stereocenters. The maximum absolute atomic E-state index is 12.8. The number of amides is 2. The zero-order chi connectivity index (χ0) is 44.6. The van der Waals surface area contributed by atoms with E-state index in [1.165, 1.54) is 34.7 Å². The zero-order valence-corrected chi connectivity index (χ0v) is 36.6. The highest BCUT2D eigenvalue weighted by molar-refractivity contribution is 6.04. The summed E-state index contributed by atoms with van der Waals surface area (Å²) in [5.41, 5.74) is 12.1. The van der Waals surface area contributed by atoms with Crippen LogP contribution in [0.3, 0.4) is 0 Å². The average Bonchev–Trinajstić information content (AvgIpc) is 4.11. The molecule has 0 spiro atoms. The summed E-state index contributed by atoms with van der Waals surface area (Å²) in [6.07, 6.45) is 28.4. The molecular formula is C52H52N8O4. The van der Waals surface area contributed by atoms with Gasteiger partial charge < -0.3 is 30.1 Å². The number of nitrogens with zero attached hydrogens (tertiary/aromatic N) is 4. The molecule has 0 radical (unpaired) electrons. The number of carbonyl (C=O) groups is 2. The van der Waals surface area contributed by atoms with Crippen molar-refractivity contribution < 1.29 is 19.1 Å². The topological polar surface area (TPSA) is 182 Å². The fourth-order valence-electron chi connectivity index (χ4n) is 9.10. The van der Waals surface area contributed by atoms with Gasteiger partial charge in [0.15, 0.2) is 11.6 Å². The molecule has 4 bridgehead atoms. The van der Waals surface area contributed by atoms with Crippen LogP contribution in [-0.4, -0.2) is 56.2 Å². The lowest BCUT2D eigenvalue weighted by molar-refractivity contribution is 0.0827. The van der Waals surface area contributed by atoms with Crippen LogP contribution in [0, 0.1) is 33.5 Å². The molecule has 2 amide bonds. The van der Waals surface area contributed by atoms with Crippen LogP contribution in [0.15, 0.2) is 97.4 Å². The Morgan fingerprint density at radius 1 is 0.656 bits per heavy atom. The Bertz CT molecular complexity index is 2610. The lowest BCUT2D eigenvalue weighted by Crippen LogP contribution is -2.18. The van der Waals surface area contributed by atoms with Gasteiger partial charge in [-0.15, -0.1) is 0 Å². The number of fused-ring (bicyclic) bond motifs is 4. The van der Waals surface area contributed by atoms with E-state index in [1.807, 2.05) is 24.3 Å². The van der Waals surface area contributed by atoms with Crippen molar-refractivity contribution in [2.75, 3.05) is 10.6 Å². The number of rotatable bonds is 8. The van der Waals surface area contributed by atoms with Gasteiger partial charge in [0, 0.05) is 35.3 Å². The third kappa shape index (κ3) is 9.40. The van der Waals surface area contributed by atoms with Gasteiger partial charge in [0.05, 0.1) is 36.8 Å². The molecule has 2 aliphatic carbocycles. The summed E-state index contributed by atoms with van der Waals surface area (Å²) in [5.74, 6) is -0.454. The second-order valence-corrected chi connectivity index (χ2v) is 19.0. The van der Waals surface area contributed by atoms with Crippen molar-refractivity contribution in [3.63, 3.8) is 0 Å². The molecule has 4 aromatic rings. The van der Waals surface area contributed by atoms with E-state index in [9.17, 15) is 9.59 Å². The summed E-state index contributed by atoms with van der Waals surface area (Å²) in [6, 6.07) is 16.4. The number of carbonyl (C=O) groups excluding carboxylic acids is 2. The van der Waals surface area contributed by atoms with Gasteiger partial charge in [-0.3, -0.25) is 9.59 Å². The minimum Gasteiger partial charge on any atom is -0.362 e. The third-order valence-electron chi connectivity index (χ3n) is 13.0. The van der Waals surface area contributed by atoms with Gasteiger partial charge in [-0.25, -0.2) is 9.97 Å². The highest BCUT2D eigenvalue weighted by Gasteiger charge is 2.30. The van der Waals surface area contributed by atoms with E-state index < -0.39 is 0 Å². The van der Waals surface area contributed by atoms with Crippen LogP contribution in [0.25, 0.3) is 22.3 Å². The van der Waals surface area contributed by atoms with Gasteiger partial charge in [0.2, 0.25) is 0 Å². The van der Waals surface area contributed by atoms with E-state index in [1.54, 1.807) is 0 Å². The van der Waals surface area contributed by atoms with Gasteiger partial charge in [0.25, 0.3) is 11.8 Å². The first-order valence-electron chi connectivity index (χ1n) is 22.1. The summed E-state index contributed by atoms with van der Waals surface area (Å²) >= 11 is 0. The first-order valence-corrected chi connectivity index (χ1v) is 22.1. The van der Waals surface area contributed by atoms with Crippen molar-refractivity contribution in [3.05, 3.63) is 143 Å². The Hall–Kier alpha value is -6.86. The highest BCUT2D eigenvalue weighted by atomic mass is 16.5. The van der Waals surface area contributed by atoms with Crippen LogP contribution < -0.4 is 10.6 Å². The lowest BCUT2D eigenvalue weighted by Gasteiger charge is -2.30. The SMILES string of the molecule is CC1(C)CC=C(c2cc(C3=C[C@@H]4C=C[C@H](C3)O4)ccc2NC(=O)c2ncc(C#N)[nH]2)CC1.CC1(C)CC=C(c2cc(C3=C[C@@H]4C=C[C@H](C3)O4)ccc2NC(=O)c2ncc(C#N)[nH]2)CC1. The quantitative estimate of drug-likeness (QED) is 0.126. The van der Waals surface area contributed by atoms with E-state index in [-0.39, 0.29) is 59.3 Å². The van der Waals surface area contributed by atoms with Crippen LogP contribution in [0.4, 0.5) is 11.4 Å². The van der Waals surface area contributed by atoms with Gasteiger partial charge in [0.1, 0.15) is 23.5 Å². The van der Waals surface area contributed by atoms with E-state index in [0.717, 1.165) is 85.0 Å². The number of aromatic nitrogens is 4. The Labute approximate surface area is 373 Å². The summed E-state index contributed by atoms with van der Waals surface area (Å²) in [4.78, 5) is 39.1. The minimum absolute atomic E-state index is 0.0505. The lowest BCUT2D eigenvalue weighted by atomic mass is 9.76. The molecule has 64 heavy (non-hydrogen) atoms. The van der Waals surface area contributed by atoms with Crippen LogP contribution in [0.1, 0.15) is 134 Å². The van der Waals surface area contributed by atoms with Crippen molar-refractivity contribution in [1.82, 2.24) is 19.9 Å². The summed E-state index contributed by atoms with van der Waals surface area (Å²) in [6.45, 7) is 9.16. The molecule has 0 saturated heterocycles. The third-order valence-corrected chi connectivity index (χ3v) is 13.0. The van der Waals surface area contributed by atoms with Crippen LogP contribution >= 0.6 is 0 Å². The van der Waals surface area contributed by atoms with Crippen LogP contribution in [-0.2, 0) is 9.47 Å². The number of H-pyrrole nitrogens is 2. The molecule has 2 aromatic heterocycles. The Balaban J connectivity index is 0.000000162. The maximum Gasteiger partial charge on any atom is 0.291 e. The van der Waals surface area contributed by atoms with Crippen molar-refractivity contribution >= 4 is 45.5 Å². The molecule has 324 valence electrons. The van der Waals surface area contributed by atoms with Gasteiger partial charge >= 0.3 is 0 Å². The number of imidazole rings is 2. The predicted molar refractivity (Wildman–Crippen MR) is 247 cm³/mol. The molecule has 4 N–H and O–H groups in total. The van der Waals surface area contributed by atoms with Crippen LogP contribution in [0.2, 0.25) is 0 Å². The summed E-state index contributed by atoms with van der Waals surface area (Å²) < 4.78 is 11.7. The number of benzene rings is 2. The predicted octanol–water partition coefficient (Wildman–Crippen LogP) is 10.5. The summed E-state index contributed by atoms with van der Waals surface area (Å²) in [7, 11) is 0. The molecule has 12 nitrogen and oxygen atoms in total. The molecular weight excluding hydrogens is 801 g/mol. The fraction of sp³-hybridized carbons (Fsp3) is 0.346. The average molecular weight is 853 g/mol. The smallest absolute Gasteiger partial charge is 0.291 e. The number of anilines is 2. The molecule has 4 aliphatic heterocycles. The van der Waals surface area contributed by atoms with E-state index in [4.69, 9.17) is 20.0 Å². The van der Waals surface area contributed by atoms with Crippen molar-refractivity contribution in [2.45, 2.75) is 103 Å². The second kappa shape index (κ2) is 17.4. The first kappa shape index (κ1) is 42.4. The Morgan fingerprint density at radius 3 is 1.45 bits per heavy atom. The van der Waals surface area contributed by atoms with Gasteiger partial charge in [-0.05, 0) is 119 Å².